The third-order valence-corrected chi connectivity index (χ3v) is 9.08. The molecule has 4 aliphatic rings. The van der Waals surface area contributed by atoms with Crippen molar-refractivity contribution in [2.24, 2.45) is 11.7 Å². The van der Waals surface area contributed by atoms with Gasteiger partial charge >= 0.3 is 11.7 Å². The minimum Gasteiger partial charge on any atom is -0.454 e. The Morgan fingerprint density at radius 2 is 1.85 bits per heavy atom. The van der Waals surface area contributed by atoms with Crippen LogP contribution in [0.15, 0.2) is 52.2 Å². The van der Waals surface area contributed by atoms with Crippen LogP contribution in [0.1, 0.15) is 31.1 Å². The molecule has 0 saturated carbocycles. The first-order chi connectivity index (χ1) is 23.0. The number of aromatic nitrogens is 2. The van der Waals surface area contributed by atoms with Gasteiger partial charge < -0.3 is 50.3 Å². The molecule has 18 nitrogen and oxygen atoms in total. The van der Waals surface area contributed by atoms with Crippen molar-refractivity contribution in [1.29, 1.82) is 0 Å². The average Bonchev–Trinajstić information content (AvgIpc) is 3.38. The van der Waals surface area contributed by atoms with E-state index in [1.165, 1.54) is 19.2 Å². The smallest absolute Gasteiger partial charge is 0.330 e. The molecule has 5 heterocycles. The van der Waals surface area contributed by atoms with Crippen molar-refractivity contribution in [3.63, 3.8) is 0 Å². The third-order valence-electron chi connectivity index (χ3n) is 9.08. The number of fused-ring (bicyclic) bond motifs is 2. The summed E-state index contributed by atoms with van der Waals surface area (Å²) < 4.78 is 29.9. The molecule has 4 aliphatic heterocycles. The maximum Gasteiger partial charge on any atom is 0.330 e. The van der Waals surface area contributed by atoms with Crippen molar-refractivity contribution < 1.29 is 53.1 Å². The highest BCUT2D eigenvalue weighted by Gasteiger charge is 2.69. The summed E-state index contributed by atoms with van der Waals surface area (Å²) in [6.45, 7) is 0.420. The van der Waals surface area contributed by atoms with Gasteiger partial charge in [-0.15, -0.1) is 0 Å². The van der Waals surface area contributed by atoms with Gasteiger partial charge in [-0.25, -0.2) is 4.79 Å². The number of carbonyl (C=O) groups excluding carboxylic acids is 4. The number of methoxy groups -OCH3 is 1. The molecule has 258 valence electrons. The normalized spacial score (nSPS) is 35.3. The number of aromatic amines is 1. The van der Waals surface area contributed by atoms with Gasteiger partial charge in [-0.1, -0.05) is 30.3 Å². The molecule has 7 N–H and O–H groups in total. The standard InChI is InChI=1S/C30H35N5O13/c1-44-19-18(38)25(35-12-10-15(36)34-29(35)43)45-21(19)22(23(31)39)47-27-20-17(37)16(26(41)46-20)30(48-27,13-7-3-2-4-8-13)28(42)33-14-9-5-6-11-32-24(14)40/h2-4,7-8,10,12,14,16-22,25,27,37-38H,5-6,9,11H2,1H3,(H2,31,39)(H,32,40)(H,33,42)(H,34,36,43)/t14-,16-,17?,18+,19-,20-,21-,22-,25+,27-,30+/m0/s1. The van der Waals surface area contributed by atoms with E-state index in [1.807, 2.05) is 4.98 Å². The summed E-state index contributed by atoms with van der Waals surface area (Å²) >= 11 is 0. The molecule has 48 heavy (non-hydrogen) atoms. The highest BCUT2D eigenvalue weighted by Crippen LogP contribution is 2.49. The van der Waals surface area contributed by atoms with Crippen LogP contribution in [0.25, 0.3) is 0 Å². The number of ether oxygens (including phenoxy) is 5. The zero-order valence-corrected chi connectivity index (χ0v) is 25.6. The van der Waals surface area contributed by atoms with E-state index < -0.39 is 102 Å². The summed E-state index contributed by atoms with van der Waals surface area (Å²) in [6, 6.07) is 7.79. The molecule has 2 aromatic rings. The van der Waals surface area contributed by atoms with Crippen molar-refractivity contribution in [1.82, 2.24) is 20.2 Å². The third kappa shape index (κ3) is 5.69. The summed E-state index contributed by atoms with van der Waals surface area (Å²) in [5.74, 6) is -5.16. The van der Waals surface area contributed by atoms with E-state index in [0.717, 1.165) is 16.8 Å². The number of rotatable bonds is 9. The van der Waals surface area contributed by atoms with Crippen LogP contribution in [0.5, 0.6) is 0 Å². The fourth-order valence-electron chi connectivity index (χ4n) is 6.76. The van der Waals surface area contributed by atoms with E-state index >= 15 is 0 Å². The molecule has 4 saturated heterocycles. The van der Waals surface area contributed by atoms with E-state index in [1.54, 1.807) is 18.2 Å². The number of nitrogens with zero attached hydrogens (tertiary/aromatic N) is 1. The summed E-state index contributed by atoms with van der Waals surface area (Å²) in [5, 5.41) is 27.9. The number of nitrogens with two attached hydrogens (primary N) is 1. The van der Waals surface area contributed by atoms with E-state index in [-0.39, 0.29) is 5.56 Å². The molecule has 2 bridgehead atoms. The second kappa shape index (κ2) is 13.2. The van der Waals surface area contributed by atoms with Crippen LogP contribution in [0, 0.1) is 5.92 Å². The molecule has 6 rings (SSSR count). The predicted octanol–water partition coefficient (Wildman–Crippen LogP) is -3.38. The lowest BCUT2D eigenvalue weighted by Crippen LogP contribution is -2.65. The van der Waals surface area contributed by atoms with Gasteiger partial charge in [0, 0.05) is 25.9 Å². The Balaban J connectivity index is 1.36. The van der Waals surface area contributed by atoms with Crippen LogP contribution in [0.4, 0.5) is 0 Å². The van der Waals surface area contributed by atoms with Crippen LogP contribution in [-0.2, 0) is 48.5 Å². The summed E-state index contributed by atoms with van der Waals surface area (Å²) in [6.07, 6.45) is -10.3. The lowest BCUT2D eigenvalue weighted by molar-refractivity contribution is -0.303. The minimum absolute atomic E-state index is 0.113. The van der Waals surface area contributed by atoms with Crippen LogP contribution in [0.2, 0.25) is 0 Å². The first-order valence-corrected chi connectivity index (χ1v) is 15.3. The molecule has 0 radical (unpaired) electrons. The zero-order chi connectivity index (χ0) is 34.3. The van der Waals surface area contributed by atoms with Gasteiger partial charge in [0.1, 0.15) is 36.4 Å². The highest BCUT2D eigenvalue weighted by atomic mass is 16.7. The predicted molar refractivity (Wildman–Crippen MR) is 157 cm³/mol. The molecule has 1 aromatic carbocycles. The molecule has 0 spiro atoms. The van der Waals surface area contributed by atoms with Gasteiger partial charge in [0.05, 0.1) is 0 Å². The molecular formula is C30H35N5O13. The second-order valence-corrected chi connectivity index (χ2v) is 11.9. The Bertz CT molecular complexity index is 1680. The molecule has 4 fully saturated rings. The van der Waals surface area contributed by atoms with Crippen LogP contribution < -0.4 is 27.6 Å². The first-order valence-electron chi connectivity index (χ1n) is 15.3. The van der Waals surface area contributed by atoms with Gasteiger partial charge in [-0.3, -0.25) is 33.5 Å². The van der Waals surface area contributed by atoms with E-state index in [2.05, 4.69) is 10.6 Å². The van der Waals surface area contributed by atoms with Crippen molar-refractivity contribution >= 4 is 23.7 Å². The largest absolute Gasteiger partial charge is 0.454 e. The Kier molecular flexibility index (Phi) is 9.20. The summed E-state index contributed by atoms with van der Waals surface area (Å²) in [5.41, 5.74) is 1.89. The highest BCUT2D eigenvalue weighted by molar-refractivity contribution is 5.97. The van der Waals surface area contributed by atoms with E-state index in [4.69, 9.17) is 29.4 Å². The lowest BCUT2D eigenvalue weighted by Gasteiger charge is -2.45. The monoisotopic (exact) mass is 673 g/mol. The Morgan fingerprint density at radius 3 is 2.54 bits per heavy atom. The number of H-pyrrole nitrogens is 1. The molecule has 1 aromatic heterocycles. The molecule has 18 heteroatoms. The number of carbonyl (C=O) groups is 4. The van der Waals surface area contributed by atoms with E-state index in [0.29, 0.717) is 25.8 Å². The van der Waals surface area contributed by atoms with Crippen molar-refractivity contribution in [2.75, 3.05) is 13.7 Å². The van der Waals surface area contributed by atoms with Crippen molar-refractivity contribution in [3.8, 4) is 0 Å². The lowest BCUT2D eigenvalue weighted by atomic mass is 9.75. The molecule has 3 amide bonds. The van der Waals surface area contributed by atoms with Gasteiger partial charge in [0.2, 0.25) is 11.8 Å². The summed E-state index contributed by atoms with van der Waals surface area (Å²) in [4.78, 5) is 79.6. The van der Waals surface area contributed by atoms with E-state index in [9.17, 15) is 39.0 Å². The van der Waals surface area contributed by atoms with Gasteiger partial charge in [0.15, 0.2) is 30.3 Å². The Hall–Kier alpha value is -4.46. The summed E-state index contributed by atoms with van der Waals surface area (Å²) in [7, 11) is 1.19. The van der Waals surface area contributed by atoms with Crippen LogP contribution >= 0.6 is 0 Å². The molecule has 1 unspecified atom stereocenters. The number of amides is 3. The zero-order valence-electron chi connectivity index (χ0n) is 25.6. The van der Waals surface area contributed by atoms with Gasteiger partial charge in [-0.2, -0.15) is 0 Å². The number of benzene rings is 1. The SMILES string of the molecule is CO[C@H]1[C@@H](O)[C@H](n2ccc(=O)[nH]c2=O)O[C@@H]1[C@H](O[C@H]1O[C@](C(=O)N[C@H]2CCCCNC2=O)(c2ccccc2)[C@@H]2C(=O)O[C@H]1C2O)C(N)=O. The number of aliphatic hydroxyl groups excluding tert-OH is 2. The molecule has 11 atom stereocenters. The topological polar surface area (TPSA) is 260 Å². The minimum atomic E-state index is -2.33. The fourth-order valence-corrected chi connectivity index (χ4v) is 6.76. The number of aliphatic hydroxyl groups is 2. The number of primary amides is 1. The fraction of sp³-hybridized carbons (Fsp3) is 0.533. The average molecular weight is 674 g/mol. The second-order valence-electron chi connectivity index (χ2n) is 11.9. The van der Waals surface area contributed by atoms with Crippen LogP contribution in [-0.4, -0.2) is 106 Å². The Morgan fingerprint density at radius 1 is 1.10 bits per heavy atom. The number of hydrogen-bond acceptors (Lipinski definition) is 13. The van der Waals surface area contributed by atoms with Gasteiger partial charge in [0.25, 0.3) is 11.5 Å². The first kappa shape index (κ1) is 33.4. The number of nitrogens with one attached hydrogen (secondary N) is 3. The van der Waals surface area contributed by atoms with Crippen molar-refractivity contribution in [2.45, 2.75) is 80.0 Å². The molecular weight excluding hydrogens is 638 g/mol. The molecule has 0 aliphatic carbocycles. The van der Waals surface area contributed by atoms with Crippen molar-refractivity contribution in [3.05, 3.63) is 69.0 Å². The van der Waals surface area contributed by atoms with Gasteiger partial charge in [-0.05, 0) is 24.8 Å². The number of hydrogen-bond donors (Lipinski definition) is 6. The van der Waals surface area contributed by atoms with Crippen LogP contribution in [0.3, 0.4) is 0 Å². The number of esters is 1. The Labute approximate surface area is 271 Å². The quantitative estimate of drug-likeness (QED) is 0.142. The maximum absolute atomic E-state index is 14.3. The maximum atomic E-state index is 14.3.